The maximum Gasteiger partial charge on any atom is 0.167 e. The molecule has 2 heteroatoms. The van der Waals surface area contributed by atoms with Gasteiger partial charge in [-0.3, -0.25) is 4.79 Å². The summed E-state index contributed by atoms with van der Waals surface area (Å²) >= 11 is 0. The zero-order valence-corrected chi connectivity index (χ0v) is 10.6. The molecule has 0 heterocycles. The lowest BCUT2D eigenvalue weighted by Crippen LogP contribution is -2.04. The lowest BCUT2D eigenvalue weighted by Gasteiger charge is -2.07. The van der Waals surface area contributed by atoms with Gasteiger partial charge in [-0.2, -0.15) is 0 Å². The van der Waals surface area contributed by atoms with E-state index in [2.05, 4.69) is 0 Å². The molecule has 2 aromatic rings. The van der Waals surface area contributed by atoms with Crippen LogP contribution in [-0.4, -0.2) is 12.9 Å². The Morgan fingerprint density at radius 2 is 1.83 bits per heavy atom. The highest BCUT2D eigenvalue weighted by Gasteiger charge is 2.09. The molecule has 0 bridgehead atoms. The Balaban J connectivity index is 2.19. The summed E-state index contributed by atoms with van der Waals surface area (Å²) in [5.74, 6) is 0.869. The molecular weight excluding hydrogens is 224 g/mol. The molecule has 0 spiro atoms. The molecule has 0 N–H and O–H groups in total. The Labute approximate surface area is 107 Å². The number of hydrogen-bond acceptors (Lipinski definition) is 2. The summed E-state index contributed by atoms with van der Waals surface area (Å²) in [5.41, 5.74) is 2.76. The van der Waals surface area contributed by atoms with Gasteiger partial charge in [-0.15, -0.1) is 0 Å². The Morgan fingerprint density at radius 1 is 1.11 bits per heavy atom. The average molecular weight is 240 g/mol. The third kappa shape index (κ3) is 2.77. The van der Waals surface area contributed by atoms with Crippen molar-refractivity contribution in [1.29, 1.82) is 0 Å². The maximum atomic E-state index is 12.1. The fourth-order valence-electron chi connectivity index (χ4n) is 1.88. The topological polar surface area (TPSA) is 26.3 Å². The quantitative estimate of drug-likeness (QED) is 0.765. The van der Waals surface area contributed by atoms with Crippen molar-refractivity contribution in [3.63, 3.8) is 0 Å². The number of aryl methyl sites for hydroxylation is 1. The third-order valence-electron chi connectivity index (χ3n) is 2.94. The highest BCUT2D eigenvalue weighted by Crippen LogP contribution is 2.20. The third-order valence-corrected chi connectivity index (χ3v) is 2.94. The smallest absolute Gasteiger partial charge is 0.167 e. The molecule has 0 fully saturated rings. The van der Waals surface area contributed by atoms with Gasteiger partial charge in [0.05, 0.1) is 7.11 Å². The first-order valence-corrected chi connectivity index (χ1v) is 5.92. The normalized spacial score (nSPS) is 10.1. The molecule has 0 aromatic heterocycles. The van der Waals surface area contributed by atoms with Gasteiger partial charge < -0.3 is 4.74 Å². The summed E-state index contributed by atoms with van der Waals surface area (Å²) in [7, 11) is 1.62. The average Bonchev–Trinajstić information content (AvgIpc) is 2.40. The van der Waals surface area contributed by atoms with Crippen molar-refractivity contribution in [1.82, 2.24) is 0 Å². The van der Waals surface area contributed by atoms with Crippen LogP contribution in [0.15, 0.2) is 48.5 Å². The van der Waals surface area contributed by atoms with Gasteiger partial charge in [-0.1, -0.05) is 42.5 Å². The summed E-state index contributed by atoms with van der Waals surface area (Å²) in [4.78, 5) is 12.1. The van der Waals surface area contributed by atoms with E-state index in [-0.39, 0.29) is 5.78 Å². The lowest BCUT2D eigenvalue weighted by atomic mass is 10.0. The van der Waals surface area contributed by atoms with Gasteiger partial charge in [0, 0.05) is 12.0 Å². The van der Waals surface area contributed by atoms with Crippen LogP contribution in [0.5, 0.6) is 5.75 Å². The number of ketones is 1. The van der Waals surface area contributed by atoms with Gasteiger partial charge in [0.2, 0.25) is 0 Å². The molecule has 0 aliphatic rings. The molecule has 0 radical (unpaired) electrons. The summed E-state index contributed by atoms with van der Waals surface area (Å²) in [5, 5.41) is 0. The van der Waals surface area contributed by atoms with Crippen LogP contribution in [0.4, 0.5) is 0 Å². The second kappa shape index (κ2) is 5.50. The minimum Gasteiger partial charge on any atom is -0.496 e. The molecule has 2 nitrogen and oxygen atoms in total. The number of ether oxygens (including phenoxy) is 1. The number of rotatable bonds is 4. The van der Waals surface area contributed by atoms with Gasteiger partial charge in [-0.05, 0) is 24.1 Å². The molecule has 92 valence electrons. The van der Waals surface area contributed by atoms with Crippen molar-refractivity contribution in [2.24, 2.45) is 0 Å². The standard InChI is InChI=1S/C16H16O2/c1-12-8-9-14(11-16(12)18-2)15(17)10-13-6-4-3-5-7-13/h3-9,11H,10H2,1-2H3. The van der Waals surface area contributed by atoms with E-state index in [1.807, 2.05) is 49.4 Å². The maximum absolute atomic E-state index is 12.1. The Kier molecular flexibility index (Phi) is 3.78. The van der Waals surface area contributed by atoms with E-state index in [1.165, 1.54) is 0 Å². The summed E-state index contributed by atoms with van der Waals surface area (Å²) < 4.78 is 5.23. The number of carbonyl (C=O) groups is 1. The molecule has 0 unspecified atom stereocenters. The predicted molar refractivity (Wildman–Crippen MR) is 72.2 cm³/mol. The second-order valence-electron chi connectivity index (χ2n) is 4.27. The van der Waals surface area contributed by atoms with Gasteiger partial charge in [0.1, 0.15) is 5.75 Å². The Morgan fingerprint density at radius 3 is 2.50 bits per heavy atom. The molecule has 0 aliphatic heterocycles. The number of Topliss-reactive ketones (excluding diaryl/α,β-unsaturated/α-hetero) is 1. The van der Waals surface area contributed by atoms with Crippen LogP contribution < -0.4 is 4.74 Å². The van der Waals surface area contributed by atoms with E-state index in [0.29, 0.717) is 12.0 Å². The fourth-order valence-corrected chi connectivity index (χ4v) is 1.88. The van der Waals surface area contributed by atoms with E-state index in [1.54, 1.807) is 13.2 Å². The summed E-state index contributed by atoms with van der Waals surface area (Å²) in [6.45, 7) is 1.96. The van der Waals surface area contributed by atoms with Crippen molar-refractivity contribution in [3.05, 3.63) is 65.2 Å². The van der Waals surface area contributed by atoms with Crippen molar-refractivity contribution in [3.8, 4) is 5.75 Å². The SMILES string of the molecule is COc1cc(C(=O)Cc2ccccc2)ccc1C. The molecule has 2 aromatic carbocycles. The van der Waals surface area contributed by atoms with Gasteiger partial charge >= 0.3 is 0 Å². The number of benzene rings is 2. The van der Waals surface area contributed by atoms with Crippen LogP contribution in [0.3, 0.4) is 0 Å². The van der Waals surface area contributed by atoms with Crippen LogP contribution in [0.25, 0.3) is 0 Å². The Bertz CT molecular complexity index is 544. The molecular formula is C16H16O2. The highest BCUT2D eigenvalue weighted by molar-refractivity contribution is 5.97. The molecule has 2 rings (SSSR count). The van der Waals surface area contributed by atoms with E-state index >= 15 is 0 Å². The van der Waals surface area contributed by atoms with E-state index < -0.39 is 0 Å². The fraction of sp³-hybridized carbons (Fsp3) is 0.188. The van der Waals surface area contributed by atoms with Crippen LogP contribution in [0.1, 0.15) is 21.5 Å². The van der Waals surface area contributed by atoms with Crippen LogP contribution in [0, 0.1) is 6.92 Å². The monoisotopic (exact) mass is 240 g/mol. The molecule has 0 saturated heterocycles. The lowest BCUT2D eigenvalue weighted by molar-refractivity contribution is 0.0992. The molecule has 0 amide bonds. The zero-order valence-electron chi connectivity index (χ0n) is 10.6. The van der Waals surface area contributed by atoms with Crippen molar-refractivity contribution >= 4 is 5.78 Å². The van der Waals surface area contributed by atoms with Crippen molar-refractivity contribution < 1.29 is 9.53 Å². The second-order valence-corrected chi connectivity index (χ2v) is 4.27. The molecule has 0 atom stereocenters. The first kappa shape index (κ1) is 12.4. The number of hydrogen-bond donors (Lipinski definition) is 0. The first-order chi connectivity index (χ1) is 8.70. The predicted octanol–water partition coefficient (Wildman–Crippen LogP) is 3.43. The van der Waals surface area contributed by atoms with Gasteiger partial charge in [-0.25, -0.2) is 0 Å². The zero-order chi connectivity index (χ0) is 13.0. The van der Waals surface area contributed by atoms with Crippen LogP contribution in [0.2, 0.25) is 0 Å². The van der Waals surface area contributed by atoms with Crippen molar-refractivity contribution in [2.45, 2.75) is 13.3 Å². The van der Waals surface area contributed by atoms with Crippen LogP contribution >= 0.6 is 0 Å². The Hall–Kier alpha value is -2.09. The molecule has 0 saturated carbocycles. The van der Waals surface area contributed by atoms with Crippen molar-refractivity contribution in [2.75, 3.05) is 7.11 Å². The number of methoxy groups -OCH3 is 1. The van der Waals surface area contributed by atoms with E-state index in [9.17, 15) is 4.79 Å². The minimum atomic E-state index is 0.111. The highest BCUT2D eigenvalue weighted by atomic mass is 16.5. The van der Waals surface area contributed by atoms with E-state index in [4.69, 9.17) is 4.74 Å². The summed E-state index contributed by atoms with van der Waals surface area (Å²) in [6.07, 6.45) is 0.424. The number of carbonyl (C=O) groups excluding carboxylic acids is 1. The minimum absolute atomic E-state index is 0.111. The first-order valence-electron chi connectivity index (χ1n) is 5.92. The molecule has 18 heavy (non-hydrogen) atoms. The van der Waals surface area contributed by atoms with E-state index in [0.717, 1.165) is 16.9 Å². The summed E-state index contributed by atoms with van der Waals surface area (Å²) in [6, 6.07) is 15.3. The largest absolute Gasteiger partial charge is 0.496 e. The van der Waals surface area contributed by atoms with Crippen LogP contribution in [-0.2, 0) is 6.42 Å². The van der Waals surface area contributed by atoms with Gasteiger partial charge in [0.25, 0.3) is 0 Å². The molecule has 0 aliphatic carbocycles. The van der Waals surface area contributed by atoms with Gasteiger partial charge in [0.15, 0.2) is 5.78 Å².